The predicted octanol–water partition coefficient (Wildman–Crippen LogP) is 0.224. The minimum Gasteiger partial charge on any atom is -0.465 e. The SMILES string of the molecule is CO[C@H]1C[C@H](C(=O)NO)[C@@H](C(=O)N2CCN(c3ccccc3)CC2)N(C(=O)O)C1. The summed E-state index contributed by atoms with van der Waals surface area (Å²) in [6, 6.07) is 8.63. The number of hydrogen-bond acceptors (Lipinski definition) is 6. The van der Waals surface area contributed by atoms with Crippen LogP contribution in [0.4, 0.5) is 10.5 Å². The molecule has 0 unspecified atom stereocenters. The van der Waals surface area contributed by atoms with E-state index in [0.29, 0.717) is 26.2 Å². The second kappa shape index (κ2) is 9.10. The Hall–Kier alpha value is -2.85. The fraction of sp³-hybridized carbons (Fsp3) is 0.526. The number of piperazine rings is 1. The number of ether oxygens (including phenoxy) is 1. The number of carbonyl (C=O) groups excluding carboxylic acids is 2. The summed E-state index contributed by atoms with van der Waals surface area (Å²) in [5, 5.41) is 18.7. The van der Waals surface area contributed by atoms with E-state index in [0.717, 1.165) is 10.6 Å². The van der Waals surface area contributed by atoms with Crippen molar-refractivity contribution < 1.29 is 29.4 Å². The zero-order valence-electron chi connectivity index (χ0n) is 16.2. The summed E-state index contributed by atoms with van der Waals surface area (Å²) < 4.78 is 5.23. The fourth-order valence-electron chi connectivity index (χ4n) is 4.05. The molecule has 0 radical (unpaired) electrons. The van der Waals surface area contributed by atoms with Crippen LogP contribution in [0.5, 0.6) is 0 Å². The van der Waals surface area contributed by atoms with Crippen molar-refractivity contribution in [3.05, 3.63) is 30.3 Å². The molecule has 0 aliphatic carbocycles. The van der Waals surface area contributed by atoms with Gasteiger partial charge in [-0.05, 0) is 18.6 Å². The van der Waals surface area contributed by atoms with Gasteiger partial charge in [-0.15, -0.1) is 0 Å². The van der Waals surface area contributed by atoms with Crippen LogP contribution < -0.4 is 10.4 Å². The Morgan fingerprint density at radius 3 is 2.31 bits per heavy atom. The van der Waals surface area contributed by atoms with Gasteiger partial charge in [-0.3, -0.25) is 19.7 Å². The quantitative estimate of drug-likeness (QED) is 0.483. The predicted molar refractivity (Wildman–Crippen MR) is 103 cm³/mol. The summed E-state index contributed by atoms with van der Waals surface area (Å²) in [7, 11) is 1.42. The van der Waals surface area contributed by atoms with E-state index in [9.17, 15) is 19.5 Å². The van der Waals surface area contributed by atoms with Gasteiger partial charge in [0.15, 0.2) is 0 Å². The third-order valence-electron chi connectivity index (χ3n) is 5.63. The summed E-state index contributed by atoms with van der Waals surface area (Å²) in [6.45, 7) is 2.03. The Kier molecular flexibility index (Phi) is 6.55. The summed E-state index contributed by atoms with van der Waals surface area (Å²) in [6.07, 6.45) is -1.69. The third-order valence-corrected chi connectivity index (χ3v) is 5.63. The molecule has 158 valence electrons. The third kappa shape index (κ3) is 4.43. The molecule has 3 rings (SSSR count). The second-order valence-corrected chi connectivity index (χ2v) is 7.20. The lowest BCUT2D eigenvalue weighted by molar-refractivity contribution is -0.152. The van der Waals surface area contributed by atoms with E-state index in [-0.39, 0.29) is 13.0 Å². The Morgan fingerprint density at radius 2 is 1.76 bits per heavy atom. The first-order valence-electron chi connectivity index (χ1n) is 9.51. The molecule has 0 bridgehead atoms. The second-order valence-electron chi connectivity index (χ2n) is 7.20. The molecular formula is C19H26N4O6. The lowest BCUT2D eigenvalue weighted by Crippen LogP contribution is -2.64. The van der Waals surface area contributed by atoms with Crippen LogP contribution in [0.3, 0.4) is 0 Å². The molecule has 0 spiro atoms. The number of likely N-dealkylation sites (tertiary alicyclic amines) is 1. The van der Waals surface area contributed by atoms with Crippen LogP contribution in [0.1, 0.15) is 6.42 Å². The van der Waals surface area contributed by atoms with Crippen LogP contribution in [-0.2, 0) is 14.3 Å². The average Bonchev–Trinajstić information content (AvgIpc) is 2.77. The first-order chi connectivity index (χ1) is 14.0. The van der Waals surface area contributed by atoms with Crippen LogP contribution in [0.2, 0.25) is 0 Å². The molecule has 1 aromatic rings. The lowest BCUT2D eigenvalue weighted by Gasteiger charge is -2.44. The number of nitrogens with one attached hydrogen (secondary N) is 1. The number of rotatable bonds is 4. The number of hydroxylamine groups is 1. The maximum absolute atomic E-state index is 13.2. The van der Waals surface area contributed by atoms with Crippen molar-refractivity contribution in [1.29, 1.82) is 0 Å². The van der Waals surface area contributed by atoms with Crippen molar-refractivity contribution in [3.8, 4) is 0 Å². The number of benzene rings is 1. The zero-order chi connectivity index (χ0) is 21.0. The van der Waals surface area contributed by atoms with Gasteiger partial charge >= 0.3 is 6.09 Å². The molecule has 1 aromatic carbocycles. The summed E-state index contributed by atoms with van der Waals surface area (Å²) >= 11 is 0. The van der Waals surface area contributed by atoms with Gasteiger partial charge in [-0.1, -0.05) is 18.2 Å². The summed E-state index contributed by atoms with van der Waals surface area (Å²) in [4.78, 5) is 41.9. The first-order valence-corrected chi connectivity index (χ1v) is 9.51. The monoisotopic (exact) mass is 406 g/mol. The van der Waals surface area contributed by atoms with Crippen LogP contribution >= 0.6 is 0 Å². The summed E-state index contributed by atoms with van der Waals surface area (Å²) in [5.41, 5.74) is 2.62. The highest BCUT2D eigenvalue weighted by Gasteiger charge is 2.48. The molecule has 29 heavy (non-hydrogen) atoms. The van der Waals surface area contributed by atoms with Crippen molar-refractivity contribution in [3.63, 3.8) is 0 Å². The van der Waals surface area contributed by atoms with E-state index < -0.39 is 36.0 Å². The molecule has 2 heterocycles. The maximum Gasteiger partial charge on any atom is 0.408 e. The van der Waals surface area contributed by atoms with Crippen molar-refractivity contribution in [2.75, 3.05) is 44.7 Å². The number of para-hydroxylation sites is 1. The number of methoxy groups -OCH3 is 1. The first kappa shape index (κ1) is 20.9. The maximum atomic E-state index is 13.2. The van der Waals surface area contributed by atoms with Crippen LogP contribution in [0.15, 0.2) is 30.3 Å². The van der Waals surface area contributed by atoms with E-state index in [1.54, 1.807) is 10.4 Å². The van der Waals surface area contributed by atoms with Gasteiger partial charge in [0.1, 0.15) is 6.04 Å². The average molecular weight is 406 g/mol. The number of nitrogens with zero attached hydrogens (tertiary/aromatic N) is 3. The zero-order valence-corrected chi connectivity index (χ0v) is 16.2. The Balaban J connectivity index is 1.76. The van der Waals surface area contributed by atoms with E-state index in [4.69, 9.17) is 9.94 Å². The van der Waals surface area contributed by atoms with Crippen molar-refractivity contribution in [2.45, 2.75) is 18.6 Å². The molecule has 3 atom stereocenters. The largest absolute Gasteiger partial charge is 0.465 e. The Morgan fingerprint density at radius 1 is 1.10 bits per heavy atom. The number of hydrogen-bond donors (Lipinski definition) is 3. The Bertz CT molecular complexity index is 737. The molecule has 2 saturated heterocycles. The molecular weight excluding hydrogens is 380 g/mol. The number of piperidine rings is 1. The molecule has 2 aliphatic rings. The number of carboxylic acid groups (broad SMARTS) is 1. The molecule has 2 aliphatic heterocycles. The van der Waals surface area contributed by atoms with E-state index in [1.807, 2.05) is 30.3 Å². The number of anilines is 1. The van der Waals surface area contributed by atoms with Crippen molar-refractivity contribution in [1.82, 2.24) is 15.3 Å². The van der Waals surface area contributed by atoms with Crippen molar-refractivity contribution in [2.24, 2.45) is 5.92 Å². The topological polar surface area (TPSA) is 123 Å². The van der Waals surface area contributed by atoms with E-state index >= 15 is 0 Å². The van der Waals surface area contributed by atoms with E-state index in [2.05, 4.69) is 4.90 Å². The van der Waals surface area contributed by atoms with Crippen LogP contribution in [0.25, 0.3) is 0 Å². The van der Waals surface area contributed by atoms with Gasteiger partial charge in [0.2, 0.25) is 11.8 Å². The van der Waals surface area contributed by atoms with Gasteiger partial charge in [-0.2, -0.15) is 0 Å². The molecule has 10 heteroatoms. The van der Waals surface area contributed by atoms with Crippen LogP contribution in [-0.4, -0.2) is 90.0 Å². The minimum absolute atomic E-state index is 0.0125. The Labute approximate surface area is 168 Å². The molecule has 0 saturated carbocycles. The van der Waals surface area contributed by atoms with Gasteiger partial charge in [-0.25, -0.2) is 10.3 Å². The highest BCUT2D eigenvalue weighted by atomic mass is 16.5. The number of amides is 3. The highest BCUT2D eigenvalue weighted by molar-refractivity contribution is 5.92. The lowest BCUT2D eigenvalue weighted by atomic mass is 9.86. The van der Waals surface area contributed by atoms with Crippen molar-refractivity contribution >= 4 is 23.6 Å². The molecule has 3 N–H and O–H groups in total. The molecule has 10 nitrogen and oxygen atoms in total. The van der Waals surface area contributed by atoms with Gasteiger partial charge < -0.3 is 19.6 Å². The fourth-order valence-corrected chi connectivity index (χ4v) is 4.05. The highest BCUT2D eigenvalue weighted by Crippen LogP contribution is 2.28. The standard InChI is InChI=1S/C19H26N4O6/c1-29-14-11-15(17(24)20-28)16(23(12-14)19(26)27)18(25)22-9-7-21(8-10-22)13-5-3-2-4-6-13/h2-6,14-16,28H,7-12H2,1H3,(H,20,24)(H,26,27)/t14-,15-,16-/m0/s1. The normalized spacial score (nSPS) is 24.9. The van der Waals surface area contributed by atoms with Crippen LogP contribution in [0, 0.1) is 5.92 Å². The minimum atomic E-state index is -1.30. The van der Waals surface area contributed by atoms with Gasteiger partial charge in [0.25, 0.3) is 0 Å². The van der Waals surface area contributed by atoms with Gasteiger partial charge in [0, 0.05) is 39.0 Å². The molecule has 3 amide bonds. The smallest absolute Gasteiger partial charge is 0.408 e. The molecule has 2 fully saturated rings. The molecule has 0 aromatic heterocycles. The van der Waals surface area contributed by atoms with Gasteiger partial charge in [0.05, 0.1) is 18.6 Å². The number of carbonyl (C=O) groups is 3. The van der Waals surface area contributed by atoms with E-state index in [1.165, 1.54) is 7.11 Å². The summed E-state index contributed by atoms with van der Waals surface area (Å²) in [5.74, 6) is -2.25.